The zero-order chi connectivity index (χ0) is 26.4. The van der Waals surface area contributed by atoms with Crippen LogP contribution in [0, 0.1) is 0 Å². The molecule has 0 bridgehead atoms. The Balaban J connectivity index is 6.15. The topological polar surface area (TPSA) is 75.6 Å². The molecule has 0 fully saturated rings. The number of halogens is 13. The molecule has 0 aliphatic heterocycles. The van der Waals surface area contributed by atoms with Crippen molar-refractivity contribution < 1.29 is 76.5 Å². The number of amides is 1. The maximum atomic E-state index is 13.8. The monoisotopic (exact) mass is 507 g/mol. The van der Waals surface area contributed by atoms with E-state index in [0.29, 0.717) is 0 Å². The van der Waals surface area contributed by atoms with Crippen molar-refractivity contribution in [2.45, 2.75) is 74.6 Å². The summed E-state index contributed by atoms with van der Waals surface area (Å²) in [4.78, 5) is 22.3. The van der Waals surface area contributed by atoms with Crippen LogP contribution in [0.1, 0.15) is 27.2 Å². The Morgan fingerprint density at radius 2 is 1.12 bits per heavy atom. The van der Waals surface area contributed by atoms with Crippen LogP contribution in [0.15, 0.2) is 0 Å². The van der Waals surface area contributed by atoms with Gasteiger partial charge in [-0.15, -0.1) is 0 Å². The van der Waals surface area contributed by atoms with Crippen LogP contribution in [0.5, 0.6) is 0 Å². The van der Waals surface area contributed by atoms with E-state index < -0.39 is 65.9 Å². The first-order valence-electron chi connectivity index (χ1n) is 7.84. The van der Waals surface area contributed by atoms with Crippen LogP contribution >= 0.6 is 0 Å². The Morgan fingerprint density at radius 1 is 0.750 bits per heavy atom. The van der Waals surface area contributed by atoms with Crippen molar-refractivity contribution in [3.8, 4) is 0 Å². The molecule has 0 rings (SSSR count). The van der Waals surface area contributed by atoms with Crippen LogP contribution in [-0.4, -0.2) is 64.6 Å². The molecule has 190 valence electrons. The van der Waals surface area contributed by atoms with Gasteiger partial charge in [0.1, 0.15) is 11.6 Å². The predicted octanol–water partition coefficient (Wildman–Crippen LogP) is 5.09. The number of alkyl halides is 13. The Labute approximate surface area is 169 Å². The largest absolute Gasteiger partial charge is 0.480 e. The smallest absolute Gasteiger partial charge is 0.460 e. The standard InChI is InChI=1S/C14H14F13NO4/c1-8(2,3)32-7(31)28-5(6(29)30)4-9(15,16)10(17,18)11(19,20)12(21,22)13(23,24)14(25,26)27/h5H,4H2,1-3H3,(H,28,31)(H,29,30). The van der Waals surface area contributed by atoms with Gasteiger partial charge in [0.15, 0.2) is 0 Å². The molecule has 0 aromatic heterocycles. The quantitative estimate of drug-likeness (QED) is 0.449. The Morgan fingerprint density at radius 3 is 1.44 bits per heavy atom. The van der Waals surface area contributed by atoms with E-state index in [4.69, 9.17) is 5.11 Å². The van der Waals surface area contributed by atoms with E-state index in [0.717, 1.165) is 26.1 Å². The molecule has 0 radical (unpaired) electrons. The molecular formula is C14H14F13NO4. The number of ether oxygens (including phenoxy) is 1. The number of rotatable bonds is 8. The SMILES string of the molecule is CC(C)(C)OC(=O)NC(CC(F)(F)C(F)(F)C(F)(F)C(F)(F)C(F)(F)C(F)(F)F)C(=O)O. The third kappa shape index (κ3) is 5.41. The van der Waals surface area contributed by atoms with E-state index in [2.05, 4.69) is 4.74 Å². The van der Waals surface area contributed by atoms with Gasteiger partial charge in [0.25, 0.3) is 0 Å². The molecule has 5 nitrogen and oxygen atoms in total. The Kier molecular flexibility index (Phi) is 7.75. The van der Waals surface area contributed by atoms with Crippen molar-refractivity contribution in [3.63, 3.8) is 0 Å². The molecule has 0 aromatic rings. The molecule has 1 amide bonds. The van der Waals surface area contributed by atoms with Gasteiger partial charge in [-0.2, -0.15) is 57.1 Å². The second kappa shape index (κ2) is 8.31. The van der Waals surface area contributed by atoms with Gasteiger partial charge >= 0.3 is 47.9 Å². The third-order valence-electron chi connectivity index (χ3n) is 3.45. The molecular weight excluding hydrogens is 493 g/mol. The first-order valence-corrected chi connectivity index (χ1v) is 7.84. The number of hydrogen-bond acceptors (Lipinski definition) is 3. The molecule has 0 saturated carbocycles. The maximum Gasteiger partial charge on any atom is 0.460 e. The fourth-order valence-corrected chi connectivity index (χ4v) is 1.84. The van der Waals surface area contributed by atoms with Gasteiger partial charge in [-0.1, -0.05) is 0 Å². The summed E-state index contributed by atoms with van der Waals surface area (Å²) in [6.07, 6.45) is -12.6. The van der Waals surface area contributed by atoms with Crippen LogP contribution in [0.4, 0.5) is 61.9 Å². The predicted molar refractivity (Wildman–Crippen MR) is 76.2 cm³/mol. The maximum absolute atomic E-state index is 13.8. The summed E-state index contributed by atoms with van der Waals surface area (Å²) < 4.78 is 174. The lowest BCUT2D eigenvalue weighted by Gasteiger charge is -2.40. The van der Waals surface area contributed by atoms with Crippen molar-refractivity contribution in [3.05, 3.63) is 0 Å². The summed E-state index contributed by atoms with van der Waals surface area (Å²) in [5, 5.41) is 9.71. The van der Waals surface area contributed by atoms with Crippen LogP contribution < -0.4 is 5.32 Å². The van der Waals surface area contributed by atoms with Gasteiger partial charge in [0.2, 0.25) is 0 Å². The molecule has 0 aliphatic carbocycles. The first-order chi connectivity index (χ1) is 13.7. The van der Waals surface area contributed by atoms with Crippen molar-refractivity contribution in [2.75, 3.05) is 0 Å². The molecule has 18 heteroatoms. The van der Waals surface area contributed by atoms with Crippen molar-refractivity contribution in [1.82, 2.24) is 5.32 Å². The van der Waals surface area contributed by atoms with Gasteiger partial charge in [-0.3, -0.25) is 0 Å². The minimum Gasteiger partial charge on any atom is -0.480 e. The number of carboxylic acids is 1. The lowest BCUT2D eigenvalue weighted by Crippen LogP contribution is -2.70. The molecule has 0 spiro atoms. The molecule has 0 saturated heterocycles. The summed E-state index contributed by atoms with van der Waals surface area (Å²) in [5.41, 5.74) is -1.43. The number of carboxylic acid groups (broad SMARTS) is 1. The average Bonchev–Trinajstić information content (AvgIpc) is 2.50. The fourth-order valence-electron chi connectivity index (χ4n) is 1.84. The fraction of sp³-hybridized carbons (Fsp3) is 0.857. The molecule has 32 heavy (non-hydrogen) atoms. The van der Waals surface area contributed by atoms with Crippen molar-refractivity contribution >= 4 is 12.1 Å². The summed E-state index contributed by atoms with van der Waals surface area (Å²) >= 11 is 0. The van der Waals surface area contributed by atoms with Crippen LogP contribution in [0.25, 0.3) is 0 Å². The van der Waals surface area contributed by atoms with E-state index in [1.165, 1.54) is 0 Å². The number of aliphatic carboxylic acids is 1. The number of alkyl carbamates (subject to hydrolysis) is 1. The van der Waals surface area contributed by atoms with Crippen molar-refractivity contribution in [1.29, 1.82) is 0 Å². The molecule has 0 aromatic carbocycles. The van der Waals surface area contributed by atoms with Crippen LogP contribution in [0.3, 0.4) is 0 Å². The van der Waals surface area contributed by atoms with Crippen LogP contribution in [-0.2, 0) is 9.53 Å². The van der Waals surface area contributed by atoms with Gasteiger partial charge in [-0.05, 0) is 20.8 Å². The second-order valence-electron chi connectivity index (χ2n) is 7.24. The zero-order valence-electron chi connectivity index (χ0n) is 15.9. The average molecular weight is 507 g/mol. The molecule has 0 aliphatic rings. The van der Waals surface area contributed by atoms with Crippen LogP contribution in [0.2, 0.25) is 0 Å². The minimum atomic E-state index is -8.11. The van der Waals surface area contributed by atoms with Crippen molar-refractivity contribution in [2.24, 2.45) is 0 Å². The van der Waals surface area contributed by atoms with E-state index >= 15 is 0 Å². The van der Waals surface area contributed by atoms with E-state index in [9.17, 15) is 66.7 Å². The summed E-state index contributed by atoms with van der Waals surface area (Å²) in [7, 11) is 0. The molecule has 0 heterocycles. The Bertz CT molecular complexity index is 712. The first kappa shape index (κ1) is 29.8. The second-order valence-corrected chi connectivity index (χ2v) is 7.24. The molecule has 1 unspecified atom stereocenters. The number of carbonyl (C=O) groups is 2. The molecule has 1 atom stereocenters. The van der Waals surface area contributed by atoms with Gasteiger partial charge in [0.05, 0.1) is 0 Å². The number of hydrogen-bond donors (Lipinski definition) is 2. The van der Waals surface area contributed by atoms with E-state index in [1.54, 1.807) is 0 Å². The highest BCUT2D eigenvalue weighted by Crippen LogP contribution is 2.60. The zero-order valence-corrected chi connectivity index (χ0v) is 15.9. The van der Waals surface area contributed by atoms with Gasteiger partial charge in [0, 0.05) is 6.42 Å². The summed E-state index contributed by atoms with van der Waals surface area (Å²) in [6, 6.07) is -3.25. The molecule has 2 N–H and O–H groups in total. The summed E-state index contributed by atoms with van der Waals surface area (Å²) in [6.45, 7) is 3.44. The lowest BCUT2D eigenvalue weighted by atomic mass is 9.91. The minimum absolute atomic E-state index is 1.01. The summed E-state index contributed by atoms with van der Waals surface area (Å²) in [5.74, 6) is -41.0. The lowest BCUT2D eigenvalue weighted by molar-refractivity contribution is -0.440. The van der Waals surface area contributed by atoms with Gasteiger partial charge in [-0.25, -0.2) is 9.59 Å². The highest BCUT2D eigenvalue weighted by atomic mass is 19.4. The van der Waals surface area contributed by atoms with E-state index in [-0.39, 0.29) is 0 Å². The highest BCUT2D eigenvalue weighted by Gasteiger charge is 2.90. The normalized spacial score (nSPS) is 15.9. The van der Waals surface area contributed by atoms with E-state index in [1.807, 2.05) is 0 Å². The number of carbonyl (C=O) groups excluding carboxylic acids is 1. The highest BCUT2D eigenvalue weighted by molar-refractivity contribution is 5.80. The number of nitrogens with one attached hydrogen (secondary N) is 1. The third-order valence-corrected chi connectivity index (χ3v) is 3.45. The van der Waals surface area contributed by atoms with Gasteiger partial charge < -0.3 is 15.2 Å². The Hall–Kier alpha value is -2.17.